The van der Waals surface area contributed by atoms with E-state index in [1.165, 1.54) is 25.7 Å². The summed E-state index contributed by atoms with van der Waals surface area (Å²) in [5.74, 6) is 1.26. The Morgan fingerprint density at radius 1 is 1.24 bits per heavy atom. The standard InChI is InChI=1S/C13H18N4/c1-10-5-3-2-4-6-11(10)17-13-12(9-14)15-7-8-16-13/h7-8,10-11H,2-6H2,1H3,(H,16,17). The molecule has 1 fully saturated rings. The molecule has 1 aromatic rings. The molecule has 2 rings (SSSR count). The van der Waals surface area contributed by atoms with Crippen molar-refractivity contribution in [3.05, 3.63) is 18.1 Å². The molecule has 1 aliphatic rings. The fourth-order valence-electron chi connectivity index (χ4n) is 2.41. The number of rotatable bonds is 2. The van der Waals surface area contributed by atoms with E-state index in [0.717, 1.165) is 6.42 Å². The van der Waals surface area contributed by atoms with Crippen molar-refractivity contribution < 1.29 is 0 Å². The van der Waals surface area contributed by atoms with E-state index in [2.05, 4.69) is 28.3 Å². The molecule has 4 nitrogen and oxygen atoms in total. The minimum Gasteiger partial charge on any atom is -0.365 e. The molecule has 0 spiro atoms. The zero-order valence-corrected chi connectivity index (χ0v) is 10.2. The predicted octanol–water partition coefficient (Wildman–Crippen LogP) is 2.73. The van der Waals surface area contributed by atoms with Gasteiger partial charge in [-0.1, -0.05) is 26.2 Å². The lowest BCUT2D eigenvalue weighted by Gasteiger charge is -2.23. The van der Waals surface area contributed by atoms with Gasteiger partial charge in [-0.25, -0.2) is 9.97 Å². The van der Waals surface area contributed by atoms with Crippen LogP contribution in [0.15, 0.2) is 12.4 Å². The zero-order valence-electron chi connectivity index (χ0n) is 10.2. The summed E-state index contributed by atoms with van der Waals surface area (Å²) in [5.41, 5.74) is 0.393. The van der Waals surface area contributed by atoms with Crippen LogP contribution in [0.5, 0.6) is 0 Å². The Balaban J connectivity index is 2.11. The van der Waals surface area contributed by atoms with Crippen molar-refractivity contribution in [2.24, 2.45) is 5.92 Å². The van der Waals surface area contributed by atoms with Crippen molar-refractivity contribution in [2.45, 2.75) is 45.1 Å². The highest BCUT2D eigenvalue weighted by molar-refractivity contribution is 5.47. The second kappa shape index (κ2) is 5.62. The number of anilines is 1. The molecule has 0 bridgehead atoms. The van der Waals surface area contributed by atoms with Gasteiger partial charge in [-0.3, -0.25) is 0 Å². The number of aromatic nitrogens is 2. The fourth-order valence-corrected chi connectivity index (χ4v) is 2.41. The van der Waals surface area contributed by atoms with E-state index >= 15 is 0 Å². The molecule has 2 unspecified atom stereocenters. The summed E-state index contributed by atoms with van der Waals surface area (Å²) >= 11 is 0. The topological polar surface area (TPSA) is 61.6 Å². The number of nitrogens with one attached hydrogen (secondary N) is 1. The van der Waals surface area contributed by atoms with Gasteiger partial charge in [0.2, 0.25) is 0 Å². The van der Waals surface area contributed by atoms with Crippen LogP contribution in [0.4, 0.5) is 5.82 Å². The maximum absolute atomic E-state index is 8.98. The maximum atomic E-state index is 8.98. The molecule has 4 heteroatoms. The van der Waals surface area contributed by atoms with E-state index in [-0.39, 0.29) is 0 Å². The van der Waals surface area contributed by atoms with Crippen molar-refractivity contribution in [3.63, 3.8) is 0 Å². The van der Waals surface area contributed by atoms with Crippen LogP contribution >= 0.6 is 0 Å². The van der Waals surface area contributed by atoms with E-state index in [0.29, 0.717) is 23.5 Å². The molecule has 1 N–H and O–H groups in total. The van der Waals surface area contributed by atoms with Crippen LogP contribution in [0.25, 0.3) is 0 Å². The Kier molecular flexibility index (Phi) is 3.92. The van der Waals surface area contributed by atoms with Crippen molar-refractivity contribution in [2.75, 3.05) is 5.32 Å². The molecule has 0 saturated heterocycles. The molecule has 1 aromatic heterocycles. The van der Waals surface area contributed by atoms with Gasteiger partial charge in [0, 0.05) is 18.4 Å². The van der Waals surface area contributed by atoms with Crippen molar-refractivity contribution in [3.8, 4) is 6.07 Å². The third kappa shape index (κ3) is 2.94. The molecular formula is C13H18N4. The Morgan fingerprint density at radius 3 is 2.82 bits per heavy atom. The van der Waals surface area contributed by atoms with E-state index in [1.54, 1.807) is 12.4 Å². The minimum atomic E-state index is 0.393. The van der Waals surface area contributed by atoms with E-state index in [4.69, 9.17) is 5.26 Å². The Labute approximate surface area is 102 Å². The third-order valence-electron chi connectivity index (χ3n) is 3.49. The maximum Gasteiger partial charge on any atom is 0.182 e. The average Bonchev–Trinajstić information content (AvgIpc) is 2.56. The normalized spacial score (nSPS) is 24.7. The van der Waals surface area contributed by atoms with Crippen LogP contribution in [0.2, 0.25) is 0 Å². The van der Waals surface area contributed by atoms with Crippen molar-refractivity contribution >= 4 is 5.82 Å². The summed E-state index contributed by atoms with van der Waals surface area (Å²) < 4.78 is 0. The van der Waals surface area contributed by atoms with Gasteiger partial charge in [0.05, 0.1) is 0 Å². The molecule has 1 heterocycles. The number of nitriles is 1. The molecule has 90 valence electrons. The summed E-state index contributed by atoms with van der Waals surface area (Å²) in [6.45, 7) is 2.27. The van der Waals surface area contributed by atoms with Crippen LogP contribution in [0, 0.1) is 17.2 Å². The first-order chi connectivity index (χ1) is 8.31. The quantitative estimate of drug-likeness (QED) is 0.793. The SMILES string of the molecule is CC1CCCCCC1Nc1nccnc1C#N. The Bertz CT molecular complexity index is 410. The monoisotopic (exact) mass is 230 g/mol. The molecular weight excluding hydrogens is 212 g/mol. The third-order valence-corrected chi connectivity index (χ3v) is 3.49. The summed E-state index contributed by atoms with van der Waals surface area (Å²) in [6, 6.07) is 2.50. The predicted molar refractivity (Wildman–Crippen MR) is 66.4 cm³/mol. The van der Waals surface area contributed by atoms with Gasteiger partial charge >= 0.3 is 0 Å². The van der Waals surface area contributed by atoms with Crippen LogP contribution in [0.3, 0.4) is 0 Å². The number of hydrogen-bond acceptors (Lipinski definition) is 4. The molecule has 0 amide bonds. The van der Waals surface area contributed by atoms with Gasteiger partial charge in [0.1, 0.15) is 6.07 Å². The molecule has 2 atom stereocenters. The first kappa shape index (κ1) is 11.8. The van der Waals surface area contributed by atoms with Crippen LogP contribution < -0.4 is 5.32 Å². The van der Waals surface area contributed by atoms with Crippen molar-refractivity contribution in [1.29, 1.82) is 5.26 Å². The van der Waals surface area contributed by atoms with E-state index < -0.39 is 0 Å². The second-order valence-electron chi connectivity index (χ2n) is 4.73. The van der Waals surface area contributed by atoms with Crippen LogP contribution in [-0.2, 0) is 0 Å². The van der Waals surface area contributed by atoms with Gasteiger partial charge in [0.15, 0.2) is 11.5 Å². The summed E-state index contributed by atoms with van der Waals surface area (Å²) in [5, 5.41) is 12.4. The summed E-state index contributed by atoms with van der Waals surface area (Å²) in [7, 11) is 0. The highest BCUT2D eigenvalue weighted by Gasteiger charge is 2.21. The highest BCUT2D eigenvalue weighted by atomic mass is 15.0. The van der Waals surface area contributed by atoms with Gasteiger partial charge in [-0.05, 0) is 18.8 Å². The Morgan fingerprint density at radius 2 is 2.00 bits per heavy atom. The van der Waals surface area contributed by atoms with Crippen molar-refractivity contribution in [1.82, 2.24) is 9.97 Å². The number of hydrogen-bond donors (Lipinski definition) is 1. The highest BCUT2D eigenvalue weighted by Crippen LogP contribution is 2.25. The molecule has 1 saturated carbocycles. The smallest absolute Gasteiger partial charge is 0.182 e. The van der Waals surface area contributed by atoms with Crippen LogP contribution in [0.1, 0.15) is 44.7 Å². The lowest BCUT2D eigenvalue weighted by Crippen LogP contribution is -2.27. The van der Waals surface area contributed by atoms with Gasteiger partial charge in [-0.2, -0.15) is 5.26 Å². The lowest BCUT2D eigenvalue weighted by atomic mass is 9.97. The molecule has 0 radical (unpaired) electrons. The Hall–Kier alpha value is -1.63. The minimum absolute atomic E-state index is 0.393. The fraction of sp³-hybridized carbons (Fsp3) is 0.615. The molecule has 17 heavy (non-hydrogen) atoms. The van der Waals surface area contributed by atoms with Gasteiger partial charge in [-0.15, -0.1) is 0 Å². The second-order valence-corrected chi connectivity index (χ2v) is 4.73. The van der Waals surface area contributed by atoms with E-state index in [9.17, 15) is 0 Å². The molecule has 1 aliphatic carbocycles. The summed E-state index contributed by atoms with van der Waals surface area (Å²) in [6.07, 6.45) is 9.47. The summed E-state index contributed by atoms with van der Waals surface area (Å²) in [4.78, 5) is 8.24. The largest absolute Gasteiger partial charge is 0.365 e. The van der Waals surface area contributed by atoms with Crippen LogP contribution in [-0.4, -0.2) is 16.0 Å². The first-order valence-corrected chi connectivity index (χ1v) is 6.29. The number of nitrogens with zero attached hydrogens (tertiary/aromatic N) is 3. The zero-order chi connectivity index (χ0) is 12.1. The lowest BCUT2D eigenvalue weighted by molar-refractivity contribution is 0.455. The molecule has 0 aromatic carbocycles. The van der Waals surface area contributed by atoms with E-state index in [1.807, 2.05) is 0 Å². The molecule has 0 aliphatic heterocycles. The average molecular weight is 230 g/mol. The van der Waals surface area contributed by atoms with Gasteiger partial charge in [0.25, 0.3) is 0 Å². The van der Waals surface area contributed by atoms with Gasteiger partial charge < -0.3 is 5.32 Å². The first-order valence-electron chi connectivity index (χ1n) is 6.29.